The molecule has 0 saturated heterocycles. The van der Waals surface area contributed by atoms with Crippen LogP contribution in [0.15, 0.2) is 24.3 Å². The van der Waals surface area contributed by atoms with Crippen LogP contribution in [0.5, 0.6) is 0 Å². The molecular weight excluding hydrogens is 248 g/mol. The third-order valence-corrected chi connectivity index (χ3v) is 5.01. The molecular formula is C17H26N2O. The number of nitrogens with two attached hydrogens (primary N) is 1. The van der Waals surface area contributed by atoms with Crippen molar-refractivity contribution >= 4 is 11.5 Å². The van der Waals surface area contributed by atoms with Crippen molar-refractivity contribution in [3.05, 3.63) is 29.8 Å². The van der Waals surface area contributed by atoms with E-state index in [-0.39, 0.29) is 11.6 Å². The number of carbonyl (C=O) groups excluding carboxylic acids is 1. The summed E-state index contributed by atoms with van der Waals surface area (Å²) in [5.74, 6) is 0.307. The van der Waals surface area contributed by atoms with Gasteiger partial charge >= 0.3 is 0 Å². The second-order valence-electron chi connectivity index (χ2n) is 6.10. The van der Waals surface area contributed by atoms with Gasteiger partial charge in [0.25, 0.3) is 0 Å². The largest absolute Gasteiger partial charge is 0.399 e. The number of Topliss-reactive ketones (excluding diaryl/α,β-unsaturated/α-hetero) is 1. The van der Waals surface area contributed by atoms with Gasteiger partial charge in [0.05, 0.1) is 5.54 Å². The Morgan fingerprint density at radius 2 is 1.75 bits per heavy atom. The van der Waals surface area contributed by atoms with Crippen molar-refractivity contribution in [2.75, 3.05) is 12.8 Å². The Kier molecular flexibility index (Phi) is 4.48. The first-order chi connectivity index (χ1) is 9.47. The van der Waals surface area contributed by atoms with Gasteiger partial charge in [-0.25, -0.2) is 0 Å². The van der Waals surface area contributed by atoms with E-state index in [1.807, 2.05) is 12.1 Å². The lowest BCUT2D eigenvalue weighted by molar-refractivity contribution is -0.132. The monoisotopic (exact) mass is 274 g/mol. The number of rotatable bonds is 4. The summed E-state index contributed by atoms with van der Waals surface area (Å²) in [6, 6.07) is 8.21. The molecule has 1 aliphatic carbocycles. The third kappa shape index (κ3) is 2.73. The number of benzene rings is 1. The van der Waals surface area contributed by atoms with Gasteiger partial charge in [0.15, 0.2) is 0 Å². The fourth-order valence-corrected chi connectivity index (χ4v) is 3.46. The van der Waals surface area contributed by atoms with E-state index < -0.39 is 0 Å². The number of nitrogen functional groups attached to an aromatic ring is 1. The molecule has 1 fully saturated rings. The van der Waals surface area contributed by atoms with E-state index in [4.69, 9.17) is 5.73 Å². The fraction of sp³-hybridized carbons (Fsp3) is 0.588. The molecule has 110 valence electrons. The first kappa shape index (κ1) is 15.0. The Labute approximate surface area is 122 Å². The summed E-state index contributed by atoms with van der Waals surface area (Å²) < 4.78 is 0. The number of carbonyl (C=O) groups is 1. The van der Waals surface area contributed by atoms with E-state index in [1.165, 1.54) is 12.0 Å². The molecule has 2 N–H and O–H groups in total. The number of hydrogen-bond donors (Lipinski definition) is 1. The number of likely N-dealkylation sites (N-methyl/N-ethyl adjacent to an activating group) is 1. The molecule has 0 bridgehead atoms. The normalized spacial score (nSPS) is 19.8. The summed E-state index contributed by atoms with van der Waals surface area (Å²) in [5, 5.41) is 0. The van der Waals surface area contributed by atoms with Gasteiger partial charge in [-0.15, -0.1) is 0 Å². The van der Waals surface area contributed by atoms with E-state index in [9.17, 15) is 4.79 Å². The molecule has 1 aromatic rings. The van der Waals surface area contributed by atoms with Gasteiger partial charge < -0.3 is 5.73 Å². The number of ketones is 1. The SMILES string of the molecule is CC(=O)C1(N(C)C(C)c2ccc(N)cc2)CCCCC1. The molecule has 0 aliphatic heterocycles. The highest BCUT2D eigenvalue weighted by Gasteiger charge is 2.42. The van der Waals surface area contributed by atoms with Crippen molar-refractivity contribution < 1.29 is 4.79 Å². The lowest BCUT2D eigenvalue weighted by atomic mass is 9.77. The molecule has 3 heteroatoms. The molecule has 0 amide bonds. The fourth-order valence-electron chi connectivity index (χ4n) is 3.46. The first-order valence-electron chi connectivity index (χ1n) is 7.57. The van der Waals surface area contributed by atoms with Crippen LogP contribution >= 0.6 is 0 Å². The highest BCUT2D eigenvalue weighted by Crippen LogP contribution is 2.38. The minimum Gasteiger partial charge on any atom is -0.399 e. The first-order valence-corrected chi connectivity index (χ1v) is 7.57. The van der Waals surface area contributed by atoms with Gasteiger partial charge in [-0.3, -0.25) is 9.69 Å². The maximum absolute atomic E-state index is 12.3. The Hall–Kier alpha value is -1.35. The second-order valence-corrected chi connectivity index (χ2v) is 6.10. The lowest BCUT2D eigenvalue weighted by Gasteiger charge is -2.45. The third-order valence-electron chi connectivity index (χ3n) is 5.01. The molecule has 0 aromatic heterocycles. The van der Waals surface area contributed by atoms with E-state index in [1.54, 1.807) is 6.92 Å². The average Bonchev–Trinajstić information content (AvgIpc) is 2.47. The van der Waals surface area contributed by atoms with Gasteiger partial charge in [-0.05, 0) is 51.4 Å². The predicted octanol–water partition coefficient (Wildman–Crippen LogP) is 3.55. The number of hydrogen-bond acceptors (Lipinski definition) is 3. The van der Waals surface area contributed by atoms with Crippen molar-refractivity contribution in [2.45, 2.75) is 57.5 Å². The minimum absolute atomic E-state index is 0.220. The molecule has 20 heavy (non-hydrogen) atoms. The zero-order valence-corrected chi connectivity index (χ0v) is 12.9. The van der Waals surface area contributed by atoms with E-state index in [2.05, 4.69) is 31.0 Å². The molecule has 0 radical (unpaired) electrons. The van der Waals surface area contributed by atoms with E-state index in [0.29, 0.717) is 5.78 Å². The van der Waals surface area contributed by atoms with Gasteiger partial charge in [0, 0.05) is 11.7 Å². The summed E-state index contributed by atoms with van der Waals surface area (Å²) in [5.41, 5.74) is 7.47. The van der Waals surface area contributed by atoms with Crippen molar-refractivity contribution in [1.82, 2.24) is 4.90 Å². The van der Waals surface area contributed by atoms with Gasteiger partial charge in [-0.2, -0.15) is 0 Å². The van der Waals surface area contributed by atoms with E-state index in [0.717, 1.165) is 31.4 Å². The van der Waals surface area contributed by atoms with Crippen LogP contribution in [-0.2, 0) is 4.79 Å². The molecule has 1 aliphatic rings. The van der Waals surface area contributed by atoms with Gasteiger partial charge in [-0.1, -0.05) is 31.4 Å². The summed E-state index contributed by atoms with van der Waals surface area (Å²) in [6.45, 7) is 3.92. The van der Waals surface area contributed by atoms with Crippen LogP contribution in [0, 0.1) is 0 Å². The molecule has 1 saturated carbocycles. The van der Waals surface area contributed by atoms with Gasteiger partial charge in [0.2, 0.25) is 0 Å². The minimum atomic E-state index is -0.279. The molecule has 1 atom stereocenters. The topological polar surface area (TPSA) is 46.3 Å². The summed E-state index contributed by atoms with van der Waals surface area (Å²) in [6.07, 6.45) is 5.52. The van der Waals surface area contributed by atoms with Crippen LogP contribution in [0.1, 0.15) is 57.6 Å². The lowest BCUT2D eigenvalue weighted by Crippen LogP contribution is -2.53. The quantitative estimate of drug-likeness (QED) is 0.854. The summed E-state index contributed by atoms with van der Waals surface area (Å²) >= 11 is 0. The molecule has 1 unspecified atom stereocenters. The molecule has 0 spiro atoms. The number of anilines is 1. The van der Waals surface area contributed by atoms with Crippen LogP contribution < -0.4 is 5.73 Å². The van der Waals surface area contributed by atoms with Gasteiger partial charge in [0.1, 0.15) is 5.78 Å². The highest BCUT2D eigenvalue weighted by molar-refractivity contribution is 5.86. The van der Waals surface area contributed by atoms with E-state index >= 15 is 0 Å². The standard InChI is InChI=1S/C17H26N2O/c1-13(15-7-9-16(18)10-8-15)19(3)17(14(2)20)11-5-4-6-12-17/h7-10,13H,4-6,11-12,18H2,1-3H3. The van der Waals surface area contributed by atoms with Crippen molar-refractivity contribution in [1.29, 1.82) is 0 Å². The predicted molar refractivity (Wildman–Crippen MR) is 83.5 cm³/mol. The summed E-state index contributed by atoms with van der Waals surface area (Å²) in [7, 11) is 2.09. The summed E-state index contributed by atoms with van der Waals surface area (Å²) in [4.78, 5) is 14.6. The molecule has 2 rings (SSSR count). The molecule has 0 heterocycles. The van der Waals surface area contributed by atoms with Crippen LogP contribution in [0.3, 0.4) is 0 Å². The smallest absolute Gasteiger partial charge is 0.150 e. The zero-order chi connectivity index (χ0) is 14.8. The maximum atomic E-state index is 12.3. The van der Waals surface area contributed by atoms with Crippen LogP contribution in [0.2, 0.25) is 0 Å². The second kappa shape index (κ2) is 5.96. The Morgan fingerprint density at radius 3 is 2.25 bits per heavy atom. The Morgan fingerprint density at radius 1 is 1.20 bits per heavy atom. The molecule has 1 aromatic carbocycles. The van der Waals surface area contributed by atoms with Crippen molar-refractivity contribution in [3.8, 4) is 0 Å². The van der Waals surface area contributed by atoms with Crippen LogP contribution in [0.25, 0.3) is 0 Å². The Balaban J connectivity index is 2.25. The highest BCUT2D eigenvalue weighted by atomic mass is 16.1. The van der Waals surface area contributed by atoms with Crippen molar-refractivity contribution in [3.63, 3.8) is 0 Å². The maximum Gasteiger partial charge on any atom is 0.150 e. The van der Waals surface area contributed by atoms with Crippen molar-refractivity contribution in [2.24, 2.45) is 0 Å². The van der Waals surface area contributed by atoms with Crippen LogP contribution in [0.4, 0.5) is 5.69 Å². The number of nitrogens with zero attached hydrogens (tertiary/aromatic N) is 1. The Bertz CT molecular complexity index is 460. The zero-order valence-electron chi connectivity index (χ0n) is 12.9. The van der Waals surface area contributed by atoms with Crippen LogP contribution in [-0.4, -0.2) is 23.3 Å². The molecule has 3 nitrogen and oxygen atoms in total. The average molecular weight is 274 g/mol.